The molecule has 126 valence electrons. The zero-order chi connectivity index (χ0) is 16.4. The molecule has 0 amide bonds. The van der Waals surface area contributed by atoms with Crippen molar-refractivity contribution in [1.82, 2.24) is 0 Å². The van der Waals surface area contributed by atoms with Crippen molar-refractivity contribution in [3.05, 3.63) is 11.6 Å². The second-order valence-electron chi connectivity index (χ2n) is 9.16. The van der Waals surface area contributed by atoms with Crippen molar-refractivity contribution in [2.45, 2.75) is 72.1 Å². The van der Waals surface area contributed by atoms with Crippen molar-refractivity contribution in [3.63, 3.8) is 0 Å². The fraction of sp³-hybridized carbons (Fsp3) is 0.810. The van der Waals surface area contributed by atoms with Gasteiger partial charge in [0.05, 0.1) is 0 Å². The van der Waals surface area contributed by atoms with Crippen LogP contribution in [0.15, 0.2) is 11.6 Å². The third-order valence-corrected chi connectivity index (χ3v) is 8.45. The Bertz CT molecular complexity index is 589. The molecule has 4 rings (SSSR count). The lowest BCUT2D eigenvalue weighted by Gasteiger charge is -2.60. The van der Waals surface area contributed by atoms with Crippen molar-refractivity contribution in [2.75, 3.05) is 0 Å². The van der Waals surface area contributed by atoms with Crippen LogP contribution in [0.1, 0.15) is 72.1 Å². The maximum atomic E-state index is 12.5. The van der Waals surface area contributed by atoms with E-state index in [9.17, 15) is 9.59 Å². The van der Waals surface area contributed by atoms with Gasteiger partial charge in [-0.1, -0.05) is 25.5 Å². The molecule has 23 heavy (non-hydrogen) atoms. The maximum Gasteiger partial charge on any atom is 0.139 e. The van der Waals surface area contributed by atoms with Crippen LogP contribution in [0.4, 0.5) is 0 Å². The number of allylic oxidation sites excluding steroid dienone is 2. The minimum atomic E-state index is -0.0479. The highest BCUT2D eigenvalue weighted by molar-refractivity contribution is 5.87. The Kier molecular flexibility index (Phi) is 3.42. The van der Waals surface area contributed by atoms with Gasteiger partial charge in [-0.05, 0) is 68.1 Å². The van der Waals surface area contributed by atoms with Gasteiger partial charge in [-0.3, -0.25) is 9.59 Å². The summed E-state index contributed by atoms with van der Waals surface area (Å²) in [6, 6.07) is 0. The number of hydrogen-bond donors (Lipinski definition) is 0. The van der Waals surface area contributed by atoms with E-state index in [0.29, 0.717) is 35.2 Å². The van der Waals surface area contributed by atoms with Gasteiger partial charge in [-0.2, -0.15) is 0 Å². The lowest BCUT2D eigenvalue weighted by molar-refractivity contribution is -0.138. The summed E-state index contributed by atoms with van der Waals surface area (Å²) in [4.78, 5) is 24.6. The maximum absolute atomic E-state index is 12.5. The second kappa shape index (κ2) is 5.04. The van der Waals surface area contributed by atoms with E-state index >= 15 is 0 Å². The van der Waals surface area contributed by atoms with Gasteiger partial charge in [0, 0.05) is 24.7 Å². The molecule has 0 aromatic carbocycles. The van der Waals surface area contributed by atoms with E-state index in [-0.39, 0.29) is 10.8 Å². The predicted molar refractivity (Wildman–Crippen MR) is 90.9 cm³/mol. The average molecular weight is 314 g/mol. The molecule has 4 aliphatic carbocycles. The molecule has 4 saturated carbocycles. The summed E-state index contributed by atoms with van der Waals surface area (Å²) < 4.78 is 0. The van der Waals surface area contributed by atoms with Gasteiger partial charge >= 0.3 is 0 Å². The SMILES string of the molecule is C/C=C1/C[C@@H]2[C@@H](CC[C@]3(C)C(=O)CC[C@@H]23)[C@@]2(C)CCC(=O)CC12. The van der Waals surface area contributed by atoms with Crippen LogP contribution in [0.3, 0.4) is 0 Å². The minimum absolute atomic E-state index is 0.0479. The molecule has 1 unspecified atom stereocenters. The molecule has 0 bridgehead atoms. The van der Waals surface area contributed by atoms with Crippen molar-refractivity contribution >= 4 is 11.6 Å². The first-order chi connectivity index (χ1) is 10.9. The molecule has 4 fully saturated rings. The van der Waals surface area contributed by atoms with Gasteiger partial charge in [0.1, 0.15) is 11.6 Å². The Hall–Kier alpha value is -0.920. The summed E-state index contributed by atoms with van der Waals surface area (Å²) >= 11 is 0. The number of hydrogen-bond acceptors (Lipinski definition) is 2. The molecule has 2 heteroatoms. The van der Waals surface area contributed by atoms with Crippen LogP contribution in [0, 0.1) is 34.5 Å². The summed E-state index contributed by atoms with van der Waals surface area (Å²) in [6.45, 7) is 6.86. The molecular formula is C21H30O2. The fourth-order valence-corrected chi connectivity index (χ4v) is 7.04. The van der Waals surface area contributed by atoms with Gasteiger partial charge in [0.15, 0.2) is 0 Å². The van der Waals surface area contributed by atoms with Crippen LogP contribution < -0.4 is 0 Å². The van der Waals surface area contributed by atoms with Gasteiger partial charge < -0.3 is 0 Å². The zero-order valence-electron chi connectivity index (χ0n) is 14.9. The summed E-state index contributed by atoms with van der Waals surface area (Å²) in [7, 11) is 0. The van der Waals surface area contributed by atoms with E-state index in [1.807, 2.05) is 0 Å². The van der Waals surface area contributed by atoms with Crippen molar-refractivity contribution in [1.29, 1.82) is 0 Å². The monoisotopic (exact) mass is 314 g/mol. The zero-order valence-corrected chi connectivity index (χ0v) is 14.9. The molecule has 0 saturated heterocycles. The predicted octanol–water partition coefficient (Wildman–Crippen LogP) is 4.72. The molecule has 0 aromatic heterocycles. The van der Waals surface area contributed by atoms with Crippen LogP contribution in [0.25, 0.3) is 0 Å². The third kappa shape index (κ3) is 1.99. The van der Waals surface area contributed by atoms with E-state index in [2.05, 4.69) is 26.8 Å². The number of fused-ring (bicyclic) bond motifs is 5. The van der Waals surface area contributed by atoms with E-state index in [4.69, 9.17) is 0 Å². The van der Waals surface area contributed by atoms with Gasteiger partial charge in [-0.15, -0.1) is 0 Å². The molecule has 0 radical (unpaired) electrons. The summed E-state index contributed by atoms with van der Waals surface area (Å²) in [5.41, 5.74) is 1.75. The smallest absolute Gasteiger partial charge is 0.139 e. The molecule has 0 heterocycles. The van der Waals surface area contributed by atoms with Crippen LogP contribution in [0.5, 0.6) is 0 Å². The first-order valence-electron chi connectivity index (χ1n) is 9.60. The van der Waals surface area contributed by atoms with E-state index in [1.165, 1.54) is 12.0 Å². The number of carbonyl (C=O) groups excluding carboxylic acids is 2. The summed E-state index contributed by atoms with van der Waals surface area (Å²) in [5, 5.41) is 0. The summed E-state index contributed by atoms with van der Waals surface area (Å²) in [6.07, 6.45) is 10.2. The fourth-order valence-electron chi connectivity index (χ4n) is 7.04. The van der Waals surface area contributed by atoms with Crippen LogP contribution in [-0.4, -0.2) is 11.6 Å². The molecular weight excluding hydrogens is 284 g/mol. The number of rotatable bonds is 0. The highest BCUT2D eigenvalue weighted by Crippen LogP contribution is 2.66. The van der Waals surface area contributed by atoms with Crippen LogP contribution in [0.2, 0.25) is 0 Å². The second-order valence-corrected chi connectivity index (χ2v) is 9.16. The first kappa shape index (κ1) is 15.6. The van der Waals surface area contributed by atoms with Gasteiger partial charge in [0.2, 0.25) is 0 Å². The number of carbonyl (C=O) groups is 2. The first-order valence-corrected chi connectivity index (χ1v) is 9.60. The van der Waals surface area contributed by atoms with Gasteiger partial charge in [0.25, 0.3) is 0 Å². The van der Waals surface area contributed by atoms with Crippen molar-refractivity contribution in [2.24, 2.45) is 34.5 Å². The minimum Gasteiger partial charge on any atom is -0.300 e. The Morgan fingerprint density at radius 1 is 1.00 bits per heavy atom. The van der Waals surface area contributed by atoms with E-state index < -0.39 is 0 Å². The Balaban J connectivity index is 1.73. The standard InChI is InChI=1S/C21H30O2/c1-4-13-11-15-16-5-6-19(23)21(16,3)10-8-17(15)20(2)9-7-14(22)12-18(13)20/h4,15-18H,5-12H2,1-3H3/b13-4-/t15-,16-,17+,18?,20+,21-/m0/s1. The lowest BCUT2D eigenvalue weighted by atomic mass is 9.44. The van der Waals surface area contributed by atoms with Crippen molar-refractivity contribution in [3.8, 4) is 0 Å². The van der Waals surface area contributed by atoms with Crippen LogP contribution >= 0.6 is 0 Å². The van der Waals surface area contributed by atoms with Gasteiger partial charge in [-0.25, -0.2) is 0 Å². The highest BCUT2D eigenvalue weighted by Gasteiger charge is 2.61. The molecule has 2 nitrogen and oxygen atoms in total. The molecule has 6 atom stereocenters. The van der Waals surface area contributed by atoms with Crippen molar-refractivity contribution < 1.29 is 9.59 Å². The largest absolute Gasteiger partial charge is 0.300 e. The Labute approximate surface area is 140 Å². The lowest BCUT2D eigenvalue weighted by Crippen LogP contribution is -2.54. The number of ketones is 2. The normalized spacial score (nSPS) is 51.3. The average Bonchev–Trinajstić information content (AvgIpc) is 2.83. The Morgan fingerprint density at radius 2 is 1.78 bits per heavy atom. The summed E-state index contributed by atoms with van der Waals surface area (Å²) in [5.74, 6) is 3.42. The highest BCUT2D eigenvalue weighted by atomic mass is 16.1. The quantitative estimate of drug-likeness (QED) is 0.606. The molecule has 0 N–H and O–H groups in total. The van der Waals surface area contributed by atoms with E-state index in [1.54, 1.807) is 0 Å². The molecule has 0 spiro atoms. The third-order valence-electron chi connectivity index (χ3n) is 8.45. The van der Waals surface area contributed by atoms with E-state index in [0.717, 1.165) is 44.9 Å². The van der Waals surface area contributed by atoms with Crippen LogP contribution in [-0.2, 0) is 9.59 Å². The molecule has 0 aromatic rings. The molecule has 0 aliphatic heterocycles. The Morgan fingerprint density at radius 3 is 2.52 bits per heavy atom. The number of Topliss-reactive ketones (excluding diaryl/α,β-unsaturated/α-hetero) is 2. The topological polar surface area (TPSA) is 34.1 Å². The molecule has 4 aliphatic rings.